The van der Waals surface area contributed by atoms with Gasteiger partial charge in [-0.25, -0.2) is 0 Å². The standard InChI is InChI=1S/C14H19Br3O/c1-11(2)14(9-15,10-16)6-7-18-13-5-3-4-12(17)8-13/h3-5,8,11H,6-7,9-10H2,1-2H3. The van der Waals surface area contributed by atoms with Crippen molar-refractivity contribution in [3.8, 4) is 5.75 Å². The van der Waals surface area contributed by atoms with Crippen LogP contribution in [0.25, 0.3) is 0 Å². The van der Waals surface area contributed by atoms with Gasteiger partial charge >= 0.3 is 0 Å². The van der Waals surface area contributed by atoms with E-state index >= 15 is 0 Å². The zero-order valence-electron chi connectivity index (χ0n) is 10.8. The molecule has 0 N–H and O–H groups in total. The van der Waals surface area contributed by atoms with E-state index in [2.05, 4.69) is 61.6 Å². The molecule has 0 atom stereocenters. The molecule has 18 heavy (non-hydrogen) atoms. The van der Waals surface area contributed by atoms with Crippen LogP contribution in [0.4, 0.5) is 0 Å². The molecule has 1 rings (SSSR count). The summed E-state index contributed by atoms with van der Waals surface area (Å²) in [5.74, 6) is 1.54. The van der Waals surface area contributed by atoms with Gasteiger partial charge in [0.1, 0.15) is 5.75 Å². The summed E-state index contributed by atoms with van der Waals surface area (Å²) in [5, 5.41) is 1.98. The Morgan fingerprint density at radius 1 is 1.22 bits per heavy atom. The molecule has 1 nitrogen and oxygen atoms in total. The van der Waals surface area contributed by atoms with Crippen molar-refractivity contribution in [1.29, 1.82) is 0 Å². The maximum Gasteiger partial charge on any atom is 0.120 e. The Hall–Kier alpha value is 0.460. The van der Waals surface area contributed by atoms with E-state index in [0.29, 0.717) is 5.92 Å². The van der Waals surface area contributed by atoms with Crippen molar-refractivity contribution in [2.45, 2.75) is 20.3 Å². The molecule has 0 saturated carbocycles. The van der Waals surface area contributed by atoms with Crippen LogP contribution in [0.3, 0.4) is 0 Å². The largest absolute Gasteiger partial charge is 0.494 e. The van der Waals surface area contributed by atoms with E-state index in [4.69, 9.17) is 4.74 Å². The molecule has 0 saturated heterocycles. The Labute approximate surface area is 135 Å². The maximum absolute atomic E-state index is 5.82. The first kappa shape index (κ1) is 16.5. The molecule has 0 fully saturated rings. The Kier molecular flexibility index (Phi) is 7.25. The predicted molar refractivity (Wildman–Crippen MR) is 89.1 cm³/mol. The van der Waals surface area contributed by atoms with Crippen LogP contribution in [0.1, 0.15) is 20.3 Å². The summed E-state index contributed by atoms with van der Waals surface area (Å²) >= 11 is 10.7. The van der Waals surface area contributed by atoms with Crippen molar-refractivity contribution in [1.82, 2.24) is 0 Å². The molecule has 0 aliphatic rings. The number of hydrogen-bond acceptors (Lipinski definition) is 1. The summed E-state index contributed by atoms with van der Waals surface area (Å²) < 4.78 is 6.88. The molecule has 0 amide bonds. The minimum atomic E-state index is 0.256. The van der Waals surface area contributed by atoms with Crippen molar-refractivity contribution in [2.75, 3.05) is 17.3 Å². The third-order valence-corrected chi connectivity index (χ3v) is 6.15. The molecule has 0 heterocycles. The van der Waals surface area contributed by atoms with Gasteiger partial charge in [-0.2, -0.15) is 0 Å². The summed E-state index contributed by atoms with van der Waals surface area (Å²) in [4.78, 5) is 0. The molecular formula is C14H19Br3O. The van der Waals surface area contributed by atoms with E-state index < -0.39 is 0 Å². The van der Waals surface area contributed by atoms with Gasteiger partial charge in [0.05, 0.1) is 6.61 Å². The lowest BCUT2D eigenvalue weighted by molar-refractivity contribution is 0.187. The monoisotopic (exact) mass is 440 g/mol. The fourth-order valence-corrected chi connectivity index (χ4v) is 4.86. The maximum atomic E-state index is 5.82. The number of hydrogen-bond donors (Lipinski definition) is 0. The molecule has 102 valence electrons. The fourth-order valence-electron chi connectivity index (χ4n) is 1.70. The Bertz CT molecular complexity index is 362. The molecule has 0 aliphatic carbocycles. The molecule has 0 spiro atoms. The number of alkyl halides is 2. The van der Waals surface area contributed by atoms with E-state index in [9.17, 15) is 0 Å². The first-order chi connectivity index (χ1) is 8.54. The molecule has 0 radical (unpaired) electrons. The van der Waals surface area contributed by atoms with Crippen molar-refractivity contribution in [2.24, 2.45) is 11.3 Å². The summed E-state index contributed by atoms with van der Waals surface area (Å²) in [7, 11) is 0. The van der Waals surface area contributed by atoms with Gasteiger partial charge in [0.15, 0.2) is 0 Å². The molecule has 4 heteroatoms. The fraction of sp³-hybridized carbons (Fsp3) is 0.571. The van der Waals surface area contributed by atoms with Gasteiger partial charge in [0, 0.05) is 15.1 Å². The van der Waals surface area contributed by atoms with Gasteiger partial charge in [-0.1, -0.05) is 67.7 Å². The molecular weight excluding hydrogens is 424 g/mol. The zero-order valence-corrected chi connectivity index (χ0v) is 15.5. The van der Waals surface area contributed by atoms with E-state index in [1.54, 1.807) is 0 Å². The lowest BCUT2D eigenvalue weighted by Gasteiger charge is -2.34. The van der Waals surface area contributed by atoms with Crippen LogP contribution >= 0.6 is 47.8 Å². The lowest BCUT2D eigenvalue weighted by Crippen LogP contribution is -2.33. The second-order valence-electron chi connectivity index (χ2n) is 4.84. The number of rotatable bonds is 7. The van der Waals surface area contributed by atoms with Gasteiger partial charge in [0.2, 0.25) is 0 Å². The van der Waals surface area contributed by atoms with E-state index in [0.717, 1.165) is 33.9 Å². The normalized spacial score (nSPS) is 11.9. The topological polar surface area (TPSA) is 9.23 Å². The third-order valence-electron chi connectivity index (χ3n) is 3.42. The van der Waals surface area contributed by atoms with Gasteiger partial charge < -0.3 is 4.74 Å². The summed E-state index contributed by atoms with van der Waals surface area (Å²) in [6.07, 6.45) is 1.04. The van der Waals surface area contributed by atoms with Crippen LogP contribution in [-0.2, 0) is 0 Å². The number of ether oxygens (including phenoxy) is 1. The highest BCUT2D eigenvalue weighted by Gasteiger charge is 2.31. The molecule has 0 aliphatic heterocycles. The van der Waals surface area contributed by atoms with E-state index in [1.165, 1.54) is 0 Å². The van der Waals surface area contributed by atoms with Crippen molar-refractivity contribution < 1.29 is 4.74 Å². The first-order valence-electron chi connectivity index (χ1n) is 6.04. The van der Waals surface area contributed by atoms with Crippen LogP contribution in [0, 0.1) is 11.3 Å². The molecule has 1 aromatic carbocycles. The summed E-state index contributed by atoms with van der Waals surface area (Å²) in [5.41, 5.74) is 0.256. The van der Waals surface area contributed by atoms with Gasteiger partial charge in [-0.15, -0.1) is 0 Å². The summed E-state index contributed by atoms with van der Waals surface area (Å²) in [6, 6.07) is 7.98. The van der Waals surface area contributed by atoms with E-state index in [-0.39, 0.29) is 5.41 Å². The highest BCUT2D eigenvalue weighted by molar-refractivity contribution is 9.10. The molecule has 0 bridgehead atoms. The Morgan fingerprint density at radius 2 is 1.89 bits per heavy atom. The average Bonchev–Trinajstić information content (AvgIpc) is 2.35. The zero-order chi connectivity index (χ0) is 13.6. The second kappa shape index (κ2) is 7.91. The third kappa shape index (κ3) is 4.53. The molecule has 1 aromatic rings. The first-order valence-corrected chi connectivity index (χ1v) is 9.08. The van der Waals surface area contributed by atoms with Gasteiger partial charge in [0.25, 0.3) is 0 Å². The molecule has 0 unspecified atom stereocenters. The van der Waals surface area contributed by atoms with Crippen LogP contribution < -0.4 is 4.74 Å². The molecule has 0 aromatic heterocycles. The van der Waals surface area contributed by atoms with Crippen molar-refractivity contribution >= 4 is 47.8 Å². The minimum Gasteiger partial charge on any atom is -0.494 e. The van der Waals surface area contributed by atoms with Gasteiger partial charge in [-0.3, -0.25) is 0 Å². The average molecular weight is 443 g/mol. The SMILES string of the molecule is CC(C)C(CBr)(CBr)CCOc1cccc(Br)c1. The highest BCUT2D eigenvalue weighted by Crippen LogP contribution is 2.35. The van der Waals surface area contributed by atoms with Crippen LogP contribution in [-0.4, -0.2) is 17.3 Å². The van der Waals surface area contributed by atoms with Crippen LogP contribution in [0.15, 0.2) is 28.7 Å². The Balaban J connectivity index is 2.54. The van der Waals surface area contributed by atoms with Crippen molar-refractivity contribution in [3.63, 3.8) is 0 Å². The highest BCUT2D eigenvalue weighted by atomic mass is 79.9. The lowest BCUT2D eigenvalue weighted by atomic mass is 9.78. The summed E-state index contributed by atoms with van der Waals surface area (Å²) in [6.45, 7) is 5.27. The second-order valence-corrected chi connectivity index (χ2v) is 6.88. The van der Waals surface area contributed by atoms with E-state index in [1.807, 2.05) is 24.3 Å². The predicted octanol–water partition coefficient (Wildman–Crippen LogP) is 5.65. The quantitative estimate of drug-likeness (QED) is 0.496. The minimum absolute atomic E-state index is 0.256. The number of benzene rings is 1. The van der Waals surface area contributed by atoms with Crippen LogP contribution in [0.2, 0.25) is 0 Å². The number of halogens is 3. The van der Waals surface area contributed by atoms with Crippen molar-refractivity contribution in [3.05, 3.63) is 28.7 Å². The van der Waals surface area contributed by atoms with Crippen LogP contribution in [0.5, 0.6) is 5.75 Å². The smallest absolute Gasteiger partial charge is 0.120 e. The van der Waals surface area contributed by atoms with Gasteiger partial charge in [-0.05, 0) is 36.0 Å². The Morgan fingerprint density at radius 3 is 2.39 bits per heavy atom.